The van der Waals surface area contributed by atoms with Crippen LogP contribution in [0.5, 0.6) is 0 Å². The summed E-state index contributed by atoms with van der Waals surface area (Å²) in [4.78, 5) is 11.4. The van der Waals surface area contributed by atoms with Crippen LogP contribution in [0.25, 0.3) is 0 Å². The molecule has 2 unspecified atom stereocenters. The number of rotatable bonds is 12. The molecule has 0 fully saturated rings. The summed E-state index contributed by atoms with van der Waals surface area (Å²) < 4.78 is 0. The number of ketones is 1. The van der Waals surface area contributed by atoms with Crippen molar-refractivity contribution in [3.8, 4) is 0 Å². The first-order valence-corrected chi connectivity index (χ1v) is 9.51. The van der Waals surface area contributed by atoms with Crippen molar-refractivity contribution < 1.29 is 9.90 Å². The number of carbonyl (C=O) groups is 1. The molecule has 2 heteroatoms. The van der Waals surface area contributed by atoms with Gasteiger partial charge in [-0.3, -0.25) is 4.79 Å². The lowest BCUT2D eigenvalue weighted by Gasteiger charge is -2.19. The minimum Gasteiger partial charge on any atom is -0.393 e. The Morgan fingerprint density at radius 2 is 1.59 bits per heavy atom. The highest BCUT2D eigenvalue weighted by molar-refractivity contribution is 5.91. The summed E-state index contributed by atoms with van der Waals surface area (Å²) >= 11 is 0. The third-order valence-electron chi connectivity index (χ3n) is 4.89. The van der Waals surface area contributed by atoms with Gasteiger partial charge in [0.15, 0.2) is 5.78 Å². The Labute approximate surface area is 137 Å². The summed E-state index contributed by atoms with van der Waals surface area (Å²) in [6.07, 6.45) is 17.4. The summed E-state index contributed by atoms with van der Waals surface area (Å²) in [5.74, 6) is 0.961. The summed E-state index contributed by atoms with van der Waals surface area (Å²) in [5.41, 5.74) is 1.40. The van der Waals surface area contributed by atoms with E-state index in [9.17, 15) is 9.90 Å². The van der Waals surface area contributed by atoms with Crippen molar-refractivity contribution in [2.24, 2.45) is 5.92 Å². The second-order valence-electron chi connectivity index (χ2n) is 7.19. The SMILES string of the molecule is CC(O)CCCCCCCCCCCC1=CC(=O)CCC1C. The van der Waals surface area contributed by atoms with Gasteiger partial charge in [-0.05, 0) is 44.6 Å². The van der Waals surface area contributed by atoms with Crippen molar-refractivity contribution in [3.05, 3.63) is 11.6 Å². The van der Waals surface area contributed by atoms with E-state index in [1.165, 1.54) is 63.4 Å². The van der Waals surface area contributed by atoms with Gasteiger partial charge in [-0.25, -0.2) is 0 Å². The van der Waals surface area contributed by atoms with Gasteiger partial charge >= 0.3 is 0 Å². The maximum absolute atomic E-state index is 11.4. The number of allylic oxidation sites excluding steroid dienone is 2. The monoisotopic (exact) mass is 308 g/mol. The molecular weight excluding hydrogens is 272 g/mol. The molecule has 0 radical (unpaired) electrons. The Morgan fingerprint density at radius 3 is 2.18 bits per heavy atom. The highest BCUT2D eigenvalue weighted by Gasteiger charge is 2.16. The third kappa shape index (κ3) is 9.40. The van der Waals surface area contributed by atoms with Crippen molar-refractivity contribution in [2.45, 2.75) is 103 Å². The lowest BCUT2D eigenvalue weighted by atomic mass is 9.85. The van der Waals surface area contributed by atoms with E-state index in [1.54, 1.807) is 0 Å². The summed E-state index contributed by atoms with van der Waals surface area (Å²) in [6, 6.07) is 0. The number of hydrogen-bond donors (Lipinski definition) is 1. The van der Waals surface area contributed by atoms with Crippen LogP contribution in [0.2, 0.25) is 0 Å². The second-order valence-corrected chi connectivity index (χ2v) is 7.19. The van der Waals surface area contributed by atoms with E-state index in [2.05, 4.69) is 6.92 Å². The molecule has 0 heterocycles. The Bertz CT molecular complexity index is 331. The summed E-state index contributed by atoms with van der Waals surface area (Å²) in [5, 5.41) is 9.18. The molecule has 0 saturated heterocycles. The predicted octanol–water partition coefficient (Wildman–Crippen LogP) is 5.58. The first-order chi connectivity index (χ1) is 10.6. The minimum absolute atomic E-state index is 0.128. The van der Waals surface area contributed by atoms with Gasteiger partial charge < -0.3 is 5.11 Å². The first kappa shape index (κ1) is 19.4. The molecule has 0 bridgehead atoms. The highest BCUT2D eigenvalue weighted by Crippen LogP contribution is 2.26. The average molecular weight is 309 g/mol. The fourth-order valence-corrected chi connectivity index (χ4v) is 3.29. The maximum atomic E-state index is 11.4. The molecule has 0 aromatic rings. The van der Waals surface area contributed by atoms with Gasteiger partial charge in [0.2, 0.25) is 0 Å². The molecule has 1 aliphatic rings. The molecule has 0 aliphatic heterocycles. The molecular formula is C20H36O2. The first-order valence-electron chi connectivity index (χ1n) is 9.51. The topological polar surface area (TPSA) is 37.3 Å². The average Bonchev–Trinajstić information content (AvgIpc) is 2.47. The molecule has 1 N–H and O–H groups in total. The van der Waals surface area contributed by atoms with Gasteiger partial charge in [0.05, 0.1) is 6.10 Å². The quantitative estimate of drug-likeness (QED) is 0.478. The van der Waals surface area contributed by atoms with Crippen LogP contribution in [0.3, 0.4) is 0 Å². The van der Waals surface area contributed by atoms with E-state index in [0.29, 0.717) is 11.7 Å². The van der Waals surface area contributed by atoms with E-state index in [0.717, 1.165) is 25.7 Å². The zero-order valence-electron chi connectivity index (χ0n) is 14.8. The van der Waals surface area contributed by atoms with Crippen LogP contribution in [-0.4, -0.2) is 17.0 Å². The molecule has 2 atom stereocenters. The second kappa shape index (κ2) is 11.9. The zero-order chi connectivity index (χ0) is 16.2. The molecule has 0 amide bonds. The Morgan fingerprint density at radius 1 is 1.05 bits per heavy atom. The molecule has 128 valence electrons. The van der Waals surface area contributed by atoms with Crippen LogP contribution < -0.4 is 0 Å². The lowest BCUT2D eigenvalue weighted by molar-refractivity contribution is -0.115. The Hall–Kier alpha value is -0.630. The standard InChI is InChI=1S/C20H36O2/c1-17-14-15-20(22)16-19(17)13-11-9-7-5-3-4-6-8-10-12-18(2)21/h16-18,21H,3-15H2,1-2H3. The van der Waals surface area contributed by atoms with Gasteiger partial charge in [-0.15, -0.1) is 0 Å². The van der Waals surface area contributed by atoms with Gasteiger partial charge in [0, 0.05) is 6.42 Å². The van der Waals surface area contributed by atoms with Gasteiger partial charge in [-0.1, -0.05) is 63.9 Å². The molecule has 22 heavy (non-hydrogen) atoms. The van der Waals surface area contributed by atoms with Crippen molar-refractivity contribution in [3.63, 3.8) is 0 Å². The van der Waals surface area contributed by atoms with Crippen molar-refractivity contribution in [1.29, 1.82) is 0 Å². The van der Waals surface area contributed by atoms with Crippen LogP contribution in [0.1, 0.15) is 97.3 Å². The number of unbranched alkanes of at least 4 members (excludes halogenated alkanes) is 8. The minimum atomic E-state index is -0.128. The van der Waals surface area contributed by atoms with Crippen molar-refractivity contribution in [1.82, 2.24) is 0 Å². The third-order valence-corrected chi connectivity index (χ3v) is 4.89. The molecule has 0 spiro atoms. The fraction of sp³-hybridized carbons (Fsp3) is 0.850. The number of carbonyl (C=O) groups excluding carboxylic acids is 1. The largest absolute Gasteiger partial charge is 0.393 e. The number of hydrogen-bond acceptors (Lipinski definition) is 2. The van der Waals surface area contributed by atoms with Crippen molar-refractivity contribution in [2.75, 3.05) is 0 Å². The molecule has 0 aromatic heterocycles. The van der Waals surface area contributed by atoms with E-state index in [1.807, 2.05) is 13.0 Å². The number of aliphatic hydroxyl groups excluding tert-OH is 1. The van der Waals surface area contributed by atoms with Gasteiger partial charge in [0.25, 0.3) is 0 Å². The smallest absolute Gasteiger partial charge is 0.155 e. The van der Waals surface area contributed by atoms with Gasteiger partial charge in [-0.2, -0.15) is 0 Å². The van der Waals surface area contributed by atoms with Crippen LogP contribution in [-0.2, 0) is 4.79 Å². The molecule has 1 rings (SSSR count). The molecule has 0 aromatic carbocycles. The molecule has 2 nitrogen and oxygen atoms in total. The van der Waals surface area contributed by atoms with Crippen molar-refractivity contribution >= 4 is 5.78 Å². The van der Waals surface area contributed by atoms with Crippen LogP contribution in [0.15, 0.2) is 11.6 Å². The summed E-state index contributed by atoms with van der Waals surface area (Å²) in [7, 11) is 0. The van der Waals surface area contributed by atoms with Gasteiger partial charge in [0.1, 0.15) is 0 Å². The lowest BCUT2D eigenvalue weighted by Crippen LogP contribution is -2.11. The van der Waals surface area contributed by atoms with Crippen LogP contribution in [0.4, 0.5) is 0 Å². The van der Waals surface area contributed by atoms with E-state index in [4.69, 9.17) is 0 Å². The van der Waals surface area contributed by atoms with E-state index < -0.39 is 0 Å². The molecule has 1 aliphatic carbocycles. The Kier molecular flexibility index (Phi) is 10.5. The fourth-order valence-electron chi connectivity index (χ4n) is 3.29. The summed E-state index contributed by atoms with van der Waals surface area (Å²) in [6.45, 7) is 4.13. The van der Waals surface area contributed by atoms with E-state index in [-0.39, 0.29) is 6.10 Å². The Balaban J connectivity index is 1.88. The normalized spacial score (nSPS) is 20.0. The number of aliphatic hydroxyl groups is 1. The highest BCUT2D eigenvalue weighted by atomic mass is 16.3. The predicted molar refractivity (Wildman–Crippen MR) is 94.0 cm³/mol. The van der Waals surface area contributed by atoms with E-state index >= 15 is 0 Å². The maximum Gasteiger partial charge on any atom is 0.155 e. The van der Waals surface area contributed by atoms with Crippen LogP contribution >= 0.6 is 0 Å². The molecule has 0 saturated carbocycles. The van der Waals surface area contributed by atoms with Crippen LogP contribution in [0, 0.1) is 5.92 Å². The zero-order valence-corrected chi connectivity index (χ0v) is 14.8.